The molecule has 0 aromatic heterocycles. The van der Waals surface area contributed by atoms with E-state index in [1.165, 1.54) is 0 Å². The minimum absolute atomic E-state index is 0.182. The van der Waals surface area contributed by atoms with Crippen LogP contribution in [0.1, 0.15) is 11.1 Å². The van der Waals surface area contributed by atoms with E-state index in [0.717, 1.165) is 0 Å². The van der Waals surface area contributed by atoms with Gasteiger partial charge in [-0.1, -0.05) is 29.8 Å². The number of carbonyl (C=O) groups is 1. The summed E-state index contributed by atoms with van der Waals surface area (Å²) in [5.41, 5.74) is 1.08. The molecule has 0 heterocycles. The standard InChI is InChI=1S/C9H9O3/c10-6-8-4-2-1-3-7(8)5-9(11)12/h1-4H,5-6H2,(H,11,12)/q-1/p-1. The van der Waals surface area contributed by atoms with Gasteiger partial charge in [-0.15, -0.1) is 6.61 Å². The molecule has 0 aliphatic carbocycles. The Morgan fingerprint density at radius 3 is 2.33 bits per heavy atom. The second kappa shape index (κ2) is 3.88. The molecule has 0 atom stereocenters. The van der Waals surface area contributed by atoms with Crippen molar-refractivity contribution < 1.29 is 15.0 Å². The summed E-state index contributed by atoms with van der Waals surface area (Å²) >= 11 is 0. The Labute approximate surface area is 70.3 Å². The van der Waals surface area contributed by atoms with E-state index in [0.29, 0.717) is 11.1 Å². The Morgan fingerprint density at radius 1 is 1.25 bits per heavy atom. The maximum atomic E-state index is 10.5. The molecule has 0 bridgehead atoms. The lowest BCUT2D eigenvalue weighted by atomic mass is 10.1. The van der Waals surface area contributed by atoms with Crippen LogP contribution in [-0.2, 0) is 17.8 Å². The molecule has 0 fully saturated rings. The molecule has 0 N–H and O–H groups in total. The number of aliphatic carboxylic acids is 1. The van der Waals surface area contributed by atoms with Crippen molar-refractivity contribution in [3.63, 3.8) is 0 Å². The summed E-state index contributed by atoms with van der Waals surface area (Å²) in [4.78, 5) is 10.2. The summed E-state index contributed by atoms with van der Waals surface area (Å²) in [7, 11) is 0. The van der Waals surface area contributed by atoms with Crippen LogP contribution in [0.2, 0.25) is 0 Å². The third-order valence-corrected chi connectivity index (χ3v) is 1.61. The summed E-state index contributed by atoms with van der Waals surface area (Å²) in [6.45, 7) is -0.385. The monoisotopic (exact) mass is 164 g/mol. The highest BCUT2D eigenvalue weighted by Gasteiger charge is 1.96. The summed E-state index contributed by atoms with van der Waals surface area (Å²) in [5, 5.41) is 20.7. The predicted octanol–water partition coefficient (Wildman–Crippen LogP) is -1.16. The average Bonchev–Trinajstić information content (AvgIpc) is 2.04. The van der Waals surface area contributed by atoms with Crippen LogP contribution in [-0.4, -0.2) is 5.97 Å². The summed E-state index contributed by atoms with van der Waals surface area (Å²) in [5.74, 6) is -1.16. The molecule has 0 saturated carbocycles. The molecule has 1 aromatic carbocycles. The van der Waals surface area contributed by atoms with Gasteiger partial charge >= 0.3 is 0 Å². The van der Waals surface area contributed by atoms with Crippen molar-refractivity contribution in [2.45, 2.75) is 13.0 Å². The Balaban J connectivity index is 2.89. The molecule has 3 heteroatoms. The van der Waals surface area contributed by atoms with Crippen LogP contribution < -0.4 is 10.2 Å². The fourth-order valence-corrected chi connectivity index (χ4v) is 1.03. The van der Waals surface area contributed by atoms with E-state index in [-0.39, 0.29) is 13.0 Å². The molecule has 0 spiro atoms. The smallest absolute Gasteiger partial charge is 0.0458 e. The van der Waals surface area contributed by atoms with Crippen molar-refractivity contribution in [1.82, 2.24) is 0 Å². The zero-order valence-electron chi connectivity index (χ0n) is 6.45. The van der Waals surface area contributed by atoms with Crippen molar-refractivity contribution in [3.8, 4) is 0 Å². The highest BCUT2D eigenvalue weighted by molar-refractivity contribution is 5.68. The van der Waals surface area contributed by atoms with Gasteiger partial charge in [-0.2, -0.15) is 0 Å². The van der Waals surface area contributed by atoms with Crippen LogP contribution in [0.15, 0.2) is 24.3 Å². The highest BCUT2D eigenvalue weighted by atomic mass is 16.4. The van der Waals surface area contributed by atoms with Crippen LogP contribution in [0, 0.1) is 0 Å². The summed E-state index contributed by atoms with van der Waals surface area (Å²) in [6, 6.07) is 6.68. The average molecular weight is 164 g/mol. The molecule has 1 rings (SSSR count). The van der Waals surface area contributed by atoms with Crippen LogP contribution in [0.3, 0.4) is 0 Å². The van der Waals surface area contributed by atoms with Crippen LogP contribution in [0.5, 0.6) is 0 Å². The van der Waals surface area contributed by atoms with E-state index in [9.17, 15) is 15.0 Å². The van der Waals surface area contributed by atoms with E-state index in [1.54, 1.807) is 24.3 Å². The van der Waals surface area contributed by atoms with E-state index in [4.69, 9.17) is 0 Å². The number of rotatable bonds is 3. The molecule has 0 amide bonds. The molecule has 0 radical (unpaired) electrons. The molecule has 0 unspecified atom stereocenters. The number of hydrogen-bond donors (Lipinski definition) is 0. The maximum absolute atomic E-state index is 10.5. The molecule has 1 aromatic rings. The number of carboxylic acid groups (broad SMARTS) is 1. The lowest BCUT2D eigenvalue weighted by Crippen LogP contribution is -2.25. The van der Waals surface area contributed by atoms with Crippen molar-refractivity contribution in [2.24, 2.45) is 0 Å². The van der Waals surface area contributed by atoms with Gasteiger partial charge in [-0.25, -0.2) is 0 Å². The third-order valence-electron chi connectivity index (χ3n) is 1.61. The second-order valence-corrected chi connectivity index (χ2v) is 2.46. The molecular weight excluding hydrogens is 156 g/mol. The van der Waals surface area contributed by atoms with Gasteiger partial charge in [0.05, 0.1) is 0 Å². The lowest BCUT2D eigenvalue weighted by Gasteiger charge is -2.11. The van der Waals surface area contributed by atoms with Crippen LogP contribution >= 0.6 is 0 Å². The molecule has 64 valence electrons. The summed E-state index contributed by atoms with van der Waals surface area (Å²) < 4.78 is 0. The van der Waals surface area contributed by atoms with Crippen molar-refractivity contribution in [1.29, 1.82) is 0 Å². The Bertz CT molecular complexity index is 281. The number of hydrogen-bond acceptors (Lipinski definition) is 3. The van der Waals surface area contributed by atoms with Gasteiger partial charge < -0.3 is 15.0 Å². The Morgan fingerprint density at radius 2 is 1.83 bits per heavy atom. The van der Waals surface area contributed by atoms with E-state index in [1.807, 2.05) is 0 Å². The van der Waals surface area contributed by atoms with Crippen LogP contribution in [0.4, 0.5) is 0 Å². The van der Waals surface area contributed by atoms with E-state index < -0.39 is 5.97 Å². The lowest BCUT2D eigenvalue weighted by molar-refractivity contribution is -0.386. The first-order valence-electron chi connectivity index (χ1n) is 3.58. The van der Waals surface area contributed by atoms with Gasteiger partial charge in [0.25, 0.3) is 0 Å². The Kier molecular flexibility index (Phi) is 2.82. The van der Waals surface area contributed by atoms with Gasteiger partial charge in [0.15, 0.2) is 0 Å². The van der Waals surface area contributed by atoms with Gasteiger partial charge in [-0.05, 0) is 5.56 Å². The molecule has 0 aliphatic heterocycles. The van der Waals surface area contributed by atoms with Crippen LogP contribution in [0.25, 0.3) is 0 Å². The first-order chi connectivity index (χ1) is 5.74. The summed E-state index contributed by atoms with van der Waals surface area (Å²) in [6.07, 6.45) is -0.182. The van der Waals surface area contributed by atoms with Crippen molar-refractivity contribution >= 4 is 5.97 Å². The fourth-order valence-electron chi connectivity index (χ4n) is 1.03. The fraction of sp³-hybridized carbons (Fsp3) is 0.222. The van der Waals surface area contributed by atoms with Gasteiger partial charge in [-0.3, -0.25) is 0 Å². The predicted molar refractivity (Wildman–Crippen MR) is 38.9 cm³/mol. The van der Waals surface area contributed by atoms with Gasteiger partial charge in [0, 0.05) is 12.4 Å². The van der Waals surface area contributed by atoms with Gasteiger partial charge in [0.1, 0.15) is 0 Å². The van der Waals surface area contributed by atoms with Crippen molar-refractivity contribution in [2.75, 3.05) is 0 Å². The molecular formula is C9H8O3-2. The quantitative estimate of drug-likeness (QED) is 0.566. The molecule has 12 heavy (non-hydrogen) atoms. The normalized spacial score (nSPS) is 9.75. The van der Waals surface area contributed by atoms with Crippen molar-refractivity contribution in [3.05, 3.63) is 35.4 Å². The molecule has 0 saturated heterocycles. The zero-order valence-corrected chi connectivity index (χ0v) is 6.45. The third kappa shape index (κ3) is 2.07. The topological polar surface area (TPSA) is 63.2 Å². The number of benzene rings is 1. The van der Waals surface area contributed by atoms with E-state index in [2.05, 4.69) is 0 Å². The molecule has 3 nitrogen and oxygen atoms in total. The molecule has 0 aliphatic rings. The minimum Gasteiger partial charge on any atom is -0.851 e. The first kappa shape index (κ1) is 8.74. The maximum Gasteiger partial charge on any atom is 0.0458 e. The number of carbonyl (C=O) groups excluding carboxylic acids is 1. The highest BCUT2D eigenvalue weighted by Crippen LogP contribution is 2.07. The van der Waals surface area contributed by atoms with Gasteiger partial charge in [0.2, 0.25) is 0 Å². The second-order valence-electron chi connectivity index (χ2n) is 2.46. The number of carboxylic acids is 1. The minimum atomic E-state index is -1.16. The largest absolute Gasteiger partial charge is 0.851 e. The Hall–Kier alpha value is -1.35. The van der Waals surface area contributed by atoms with E-state index >= 15 is 0 Å². The zero-order chi connectivity index (χ0) is 8.97. The first-order valence-corrected chi connectivity index (χ1v) is 3.58. The SMILES string of the molecule is O=C([O-])Cc1ccccc1C[O-].